The smallest absolute Gasteiger partial charge is 0.176 e. The summed E-state index contributed by atoms with van der Waals surface area (Å²) in [4.78, 5) is 0. The lowest BCUT2D eigenvalue weighted by Gasteiger charge is -2.47. The van der Waals surface area contributed by atoms with E-state index in [9.17, 15) is 10.2 Å². The van der Waals surface area contributed by atoms with Gasteiger partial charge in [0.1, 0.15) is 30.5 Å². The van der Waals surface area contributed by atoms with Crippen molar-refractivity contribution in [2.24, 2.45) is 22.9 Å². The van der Waals surface area contributed by atoms with Crippen LogP contribution in [0.5, 0.6) is 0 Å². The summed E-state index contributed by atoms with van der Waals surface area (Å²) in [5.74, 6) is 0. The van der Waals surface area contributed by atoms with Gasteiger partial charge in [0.2, 0.25) is 0 Å². The van der Waals surface area contributed by atoms with Crippen molar-refractivity contribution in [2.75, 3.05) is 19.8 Å². The molecule has 0 spiro atoms. The van der Waals surface area contributed by atoms with Gasteiger partial charge in [0.05, 0.1) is 12.1 Å². The molecule has 4 aromatic rings. The molecule has 0 aromatic heterocycles. The number of benzene rings is 4. The number of hydrogen-bond acceptors (Lipinski definition) is 10. The summed E-state index contributed by atoms with van der Waals surface area (Å²) in [7, 11) is 0. The number of aliphatic hydroxyl groups excluding tert-OH is 2. The van der Waals surface area contributed by atoms with Crippen molar-refractivity contribution in [3.05, 3.63) is 96.1 Å². The monoisotopic (exact) mass is 658 g/mol. The minimum atomic E-state index is -1.29. The third kappa shape index (κ3) is 8.06. The van der Waals surface area contributed by atoms with Gasteiger partial charge in [-0.25, -0.2) is 0 Å². The molecular weight excluding hydrogens is 608 g/mol. The SMILES string of the molecule is NC[C@H]1O[C@H](O[C@H]2[C@H](O)[C@@H](O)[C@H](N)C[C@@H]2N)[C@H](N)[C@@H](OCCCc2ccc3ccccc3c2)[C@@H]1OCCCc1ccc2ccccc2c1. The summed E-state index contributed by atoms with van der Waals surface area (Å²) in [5.41, 5.74) is 27.8. The van der Waals surface area contributed by atoms with Gasteiger partial charge in [-0.2, -0.15) is 0 Å². The van der Waals surface area contributed by atoms with Crippen molar-refractivity contribution < 1.29 is 29.2 Å². The molecule has 0 unspecified atom stereocenters. The van der Waals surface area contributed by atoms with Crippen LogP contribution in [0.15, 0.2) is 84.9 Å². The van der Waals surface area contributed by atoms with Crippen molar-refractivity contribution >= 4 is 21.5 Å². The van der Waals surface area contributed by atoms with Gasteiger partial charge in [0.15, 0.2) is 6.29 Å². The van der Waals surface area contributed by atoms with E-state index in [4.69, 9.17) is 41.9 Å². The molecule has 258 valence electrons. The van der Waals surface area contributed by atoms with Gasteiger partial charge in [-0.15, -0.1) is 0 Å². The molecule has 0 radical (unpaired) electrons. The molecular formula is C38H50N4O6. The first-order valence-corrected chi connectivity index (χ1v) is 17.1. The first kappa shape index (κ1) is 34.8. The highest BCUT2D eigenvalue weighted by Gasteiger charge is 2.49. The molecule has 1 aliphatic heterocycles. The largest absolute Gasteiger partial charge is 0.389 e. The molecule has 2 aliphatic rings. The second kappa shape index (κ2) is 16.1. The topological polar surface area (TPSA) is 181 Å². The van der Waals surface area contributed by atoms with E-state index in [1.165, 1.54) is 32.7 Å². The minimum Gasteiger partial charge on any atom is -0.389 e. The molecule has 10 N–H and O–H groups in total. The zero-order chi connectivity index (χ0) is 33.6. The van der Waals surface area contributed by atoms with Crippen molar-refractivity contribution in [1.82, 2.24) is 0 Å². The summed E-state index contributed by atoms with van der Waals surface area (Å²) >= 11 is 0. The Kier molecular flexibility index (Phi) is 11.7. The van der Waals surface area contributed by atoms with Gasteiger partial charge in [0.25, 0.3) is 0 Å². The Bertz CT molecular complexity index is 1620. The van der Waals surface area contributed by atoms with Crippen LogP contribution in [0, 0.1) is 0 Å². The second-order valence-corrected chi connectivity index (χ2v) is 13.2. The molecule has 4 aromatic carbocycles. The quantitative estimate of drug-likeness (QED) is 0.117. The van der Waals surface area contributed by atoms with Crippen LogP contribution in [0.4, 0.5) is 0 Å². The lowest BCUT2D eigenvalue weighted by Crippen LogP contribution is -2.68. The van der Waals surface area contributed by atoms with Gasteiger partial charge < -0.3 is 52.1 Å². The lowest BCUT2D eigenvalue weighted by molar-refractivity contribution is -0.298. The maximum absolute atomic E-state index is 10.8. The van der Waals surface area contributed by atoms with Crippen LogP contribution in [0.3, 0.4) is 0 Å². The molecule has 2 fully saturated rings. The van der Waals surface area contributed by atoms with E-state index >= 15 is 0 Å². The number of fused-ring (bicyclic) bond motifs is 2. The molecule has 10 heteroatoms. The molecule has 10 atom stereocenters. The molecule has 1 saturated heterocycles. The van der Waals surface area contributed by atoms with Gasteiger partial charge in [-0.3, -0.25) is 0 Å². The van der Waals surface area contributed by atoms with Crippen molar-refractivity contribution in [3.8, 4) is 0 Å². The van der Waals surface area contributed by atoms with Gasteiger partial charge in [-0.1, -0.05) is 84.9 Å². The molecule has 48 heavy (non-hydrogen) atoms. The summed E-state index contributed by atoms with van der Waals surface area (Å²) in [5, 5.41) is 26.0. The minimum absolute atomic E-state index is 0.144. The Labute approximate surface area is 282 Å². The van der Waals surface area contributed by atoms with Crippen LogP contribution in [0.2, 0.25) is 0 Å². The molecule has 0 bridgehead atoms. The predicted octanol–water partition coefficient (Wildman–Crippen LogP) is 2.51. The van der Waals surface area contributed by atoms with E-state index in [-0.39, 0.29) is 13.0 Å². The van der Waals surface area contributed by atoms with E-state index in [0.717, 1.165) is 25.7 Å². The van der Waals surface area contributed by atoms with Crippen LogP contribution < -0.4 is 22.9 Å². The summed E-state index contributed by atoms with van der Waals surface area (Å²) in [6, 6.07) is 27.6. The highest BCUT2D eigenvalue weighted by atomic mass is 16.7. The summed E-state index contributed by atoms with van der Waals surface area (Å²) in [6.45, 7) is 1.04. The van der Waals surface area contributed by atoms with Gasteiger partial charge in [0, 0.05) is 31.8 Å². The number of hydrogen-bond donors (Lipinski definition) is 6. The maximum Gasteiger partial charge on any atom is 0.176 e. The Morgan fingerprint density at radius 1 is 0.646 bits per heavy atom. The fraction of sp³-hybridized carbons (Fsp3) is 0.474. The third-order valence-electron chi connectivity index (χ3n) is 9.78. The molecule has 1 saturated carbocycles. The number of rotatable bonds is 13. The average molecular weight is 659 g/mol. The van der Waals surface area contributed by atoms with Crippen LogP contribution >= 0.6 is 0 Å². The number of ether oxygens (including phenoxy) is 4. The van der Waals surface area contributed by atoms with Crippen molar-refractivity contribution in [3.63, 3.8) is 0 Å². The third-order valence-corrected chi connectivity index (χ3v) is 9.78. The van der Waals surface area contributed by atoms with E-state index in [0.29, 0.717) is 13.2 Å². The van der Waals surface area contributed by atoms with E-state index in [1.54, 1.807) is 0 Å². The first-order chi connectivity index (χ1) is 23.3. The molecule has 1 heterocycles. The van der Waals surface area contributed by atoms with E-state index in [1.807, 2.05) is 24.3 Å². The van der Waals surface area contributed by atoms with Crippen LogP contribution in [0.1, 0.15) is 30.4 Å². The Hall–Kier alpha value is -3.00. The normalized spacial score (nSPS) is 31.0. The second-order valence-electron chi connectivity index (χ2n) is 13.2. The zero-order valence-corrected chi connectivity index (χ0v) is 27.4. The standard InChI is InChI=1S/C38H50N4O6/c39-22-31-36(45-17-5-7-23-13-15-25-9-1-3-11-27(25)19-23)37(46-18-6-8-24-14-16-26-10-2-4-12-28(26)20-24)32(42)38(47-31)48-35-30(41)21-29(40)33(43)34(35)44/h1-4,9-16,19-20,29-38,43-44H,5-8,17-18,21-22,39-42H2/t29-,30+,31-,32-,33+,34-,35-,36-,37-,38-/m1/s1. The van der Waals surface area contributed by atoms with E-state index in [2.05, 4.69) is 60.7 Å². The predicted molar refractivity (Wildman–Crippen MR) is 187 cm³/mol. The lowest BCUT2D eigenvalue weighted by atomic mass is 9.84. The van der Waals surface area contributed by atoms with Gasteiger partial charge >= 0.3 is 0 Å². The van der Waals surface area contributed by atoms with Crippen molar-refractivity contribution in [2.45, 2.75) is 93.1 Å². The molecule has 10 nitrogen and oxygen atoms in total. The van der Waals surface area contributed by atoms with Crippen molar-refractivity contribution in [1.29, 1.82) is 0 Å². The Morgan fingerprint density at radius 2 is 1.19 bits per heavy atom. The molecule has 1 aliphatic carbocycles. The number of aryl methyl sites for hydroxylation is 2. The average Bonchev–Trinajstić information content (AvgIpc) is 3.10. The first-order valence-electron chi connectivity index (χ1n) is 17.1. The fourth-order valence-electron chi connectivity index (χ4n) is 7.05. The molecule has 6 rings (SSSR count). The van der Waals surface area contributed by atoms with Crippen LogP contribution in [-0.4, -0.2) is 91.0 Å². The highest BCUT2D eigenvalue weighted by molar-refractivity contribution is 5.83. The fourth-order valence-corrected chi connectivity index (χ4v) is 7.05. The summed E-state index contributed by atoms with van der Waals surface area (Å²) < 4.78 is 25.4. The van der Waals surface area contributed by atoms with Crippen LogP contribution in [0.25, 0.3) is 21.5 Å². The van der Waals surface area contributed by atoms with Gasteiger partial charge in [-0.05, 0) is 64.8 Å². The Morgan fingerprint density at radius 3 is 1.75 bits per heavy atom. The highest BCUT2D eigenvalue weighted by Crippen LogP contribution is 2.30. The molecule has 0 amide bonds. The Balaban J connectivity index is 1.11. The number of aliphatic hydroxyl groups is 2. The number of nitrogens with two attached hydrogens (primary N) is 4. The van der Waals surface area contributed by atoms with Crippen LogP contribution in [-0.2, 0) is 31.8 Å². The summed E-state index contributed by atoms with van der Waals surface area (Å²) in [6.07, 6.45) is -2.58. The maximum atomic E-state index is 10.8. The van der Waals surface area contributed by atoms with E-state index < -0.39 is 61.0 Å². The zero-order valence-electron chi connectivity index (χ0n) is 27.4.